The number of hydrogen-bond donors (Lipinski definition) is 2. The SMILES string of the molecule is O=S1(=O)C[C@@H](O)[C@H](S(=O)(=O)Nc2ccccc2)C1. The largest absolute Gasteiger partial charge is 0.391 e. The monoisotopic (exact) mass is 291 g/mol. The summed E-state index contributed by atoms with van der Waals surface area (Å²) in [6.45, 7) is 0. The van der Waals surface area contributed by atoms with Gasteiger partial charge >= 0.3 is 0 Å². The summed E-state index contributed by atoms with van der Waals surface area (Å²) in [6.07, 6.45) is -1.38. The van der Waals surface area contributed by atoms with Crippen molar-refractivity contribution in [2.24, 2.45) is 0 Å². The van der Waals surface area contributed by atoms with Crippen LogP contribution in [-0.2, 0) is 19.9 Å². The highest BCUT2D eigenvalue weighted by molar-refractivity contribution is 7.97. The van der Waals surface area contributed by atoms with Gasteiger partial charge in [0.05, 0.1) is 17.6 Å². The van der Waals surface area contributed by atoms with E-state index in [2.05, 4.69) is 4.72 Å². The van der Waals surface area contributed by atoms with Crippen LogP contribution >= 0.6 is 0 Å². The Balaban J connectivity index is 2.23. The molecule has 18 heavy (non-hydrogen) atoms. The quantitative estimate of drug-likeness (QED) is 0.788. The summed E-state index contributed by atoms with van der Waals surface area (Å²) in [7, 11) is -7.40. The molecule has 1 fully saturated rings. The van der Waals surface area contributed by atoms with Gasteiger partial charge in [0.15, 0.2) is 9.84 Å². The van der Waals surface area contributed by atoms with Crippen LogP contribution in [0.3, 0.4) is 0 Å². The molecule has 1 aromatic rings. The first kappa shape index (κ1) is 13.3. The number of aliphatic hydroxyl groups is 1. The molecule has 0 amide bonds. The zero-order chi connectivity index (χ0) is 13.4. The molecule has 1 aliphatic heterocycles. The fraction of sp³-hybridized carbons (Fsp3) is 0.400. The maximum atomic E-state index is 12.0. The number of anilines is 1. The molecular formula is C10H13NO5S2. The fourth-order valence-electron chi connectivity index (χ4n) is 1.84. The van der Waals surface area contributed by atoms with E-state index in [4.69, 9.17) is 0 Å². The fourth-order valence-corrected chi connectivity index (χ4v) is 6.04. The van der Waals surface area contributed by atoms with Gasteiger partial charge in [-0.3, -0.25) is 4.72 Å². The van der Waals surface area contributed by atoms with Crippen LogP contribution in [-0.4, -0.2) is 44.8 Å². The van der Waals surface area contributed by atoms with Gasteiger partial charge in [-0.05, 0) is 12.1 Å². The molecule has 8 heteroatoms. The number of sulfonamides is 1. The first-order valence-corrected chi connectivity index (χ1v) is 8.62. The lowest BCUT2D eigenvalue weighted by Crippen LogP contribution is -2.36. The Hall–Kier alpha value is -1.12. The minimum Gasteiger partial charge on any atom is -0.391 e. The molecule has 2 atom stereocenters. The number of hydrogen-bond acceptors (Lipinski definition) is 5. The van der Waals surface area contributed by atoms with E-state index in [1.807, 2.05) is 0 Å². The van der Waals surface area contributed by atoms with Crippen molar-refractivity contribution in [1.82, 2.24) is 0 Å². The van der Waals surface area contributed by atoms with E-state index < -0.39 is 42.7 Å². The predicted octanol–water partition coefficient (Wildman–Crippen LogP) is -0.414. The Morgan fingerprint density at radius 3 is 2.28 bits per heavy atom. The minimum atomic E-state index is -3.91. The molecule has 0 radical (unpaired) electrons. The third-order valence-corrected chi connectivity index (χ3v) is 6.43. The number of aliphatic hydroxyl groups excluding tert-OH is 1. The van der Waals surface area contributed by atoms with Gasteiger partial charge in [-0.1, -0.05) is 18.2 Å². The third kappa shape index (κ3) is 2.82. The first-order valence-electron chi connectivity index (χ1n) is 5.25. The summed E-state index contributed by atoms with van der Waals surface area (Å²) in [5, 5.41) is 8.22. The summed E-state index contributed by atoms with van der Waals surface area (Å²) < 4.78 is 48.8. The highest BCUT2D eigenvalue weighted by Gasteiger charge is 2.44. The van der Waals surface area contributed by atoms with Crippen LogP contribution in [0.4, 0.5) is 5.69 Å². The normalized spacial score (nSPS) is 26.9. The van der Waals surface area contributed by atoms with Crippen LogP contribution in [0.15, 0.2) is 30.3 Å². The lowest BCUT2D eigenvalue weighted by Gasteiger charge is -2.15. The van der Waals surface area contributed by atoms with E-state index in [1.54, 1.807) is 30.3 Å². The molecule has 2 rings (SSSR count). The summed E-state index contributed by atoms with van der Waals surface area (Å²) in [5.74, 6) is -1.05. The van der Waals surface area contributed by atoms with Crippen molar-refractivity contribution >= 4 is 25.5 Å². The van der Waals surface area contributed by atoms with Crippen molar-refractivity contribution in [3.8, 4) is 0 Å². The van der Waals surface area contributed by atoms with Gasteiger partial charge in [-0.25, -0.2) is 16.8 Å². The Morgan fingerprint density at radius 2 is 1.78 bits per heavy atom. The molecule has 100 valence electrons. The molecule has 1 aromatic carbocycles. The summed E-state index contributed by atoms with van der Waals surface area (Å²) >= 11 is 0. The van der Waals surface area contributed by atoms with Crippen molar-refractivity contribution in [2.45, 2.75) is 11.4 Å². The molecule has 2 N–H and O–H groups in total. The highest BCUT2D eigenvalue weighted by Crippen LogP contribution is 2.21. The maximum Gasteiger partial charge on any atom is 0.239 e. The number of nitrogens with one attached hydrogen (secondary N) is 1. The Bertz CT molecular complexity index is 623. The summed E-state index contributed by atoms with van der Waals surface area (Å²) in [4.78, 5) is 0. The van der Waals surface area contributed by atoms with E-state index in [1.165, 1.54) is 0 Å². The van der Waals surface area contributed by atoms with Crippen molar-refractivity contribution < 1.29 is 21.9 Å². The van der Waals surface area contributed by atoms with Gasteiger partial charge in [0, 0.05) is 5.69 Å². The Morgan fingerprint density at radius 1 is 1.17 bits per heavy atom. The Kier molecular flexibility index (Phi) is 3.35. The van der Waals surface area contributed by atoms with Crippen molar-refractivity contribution in [1.29, 1.82) is 0 Å². The average molecular weight is 291 g/mol. The van der Waals surface area contributed by atoms with Crippen molar-refractivity contribution in [2.75, 3.05) is 16.2 Å². The molecule has 1 saturated heterocycles. The number of benzene rings is 1. The number of para-hydroxylation sites is 1. The standard InChI is InChI=1S/C10H13NO5S2/c12-9-6-17(13,14)7-10(9)18(15,16)11-8-4-2-1-3-5-8/h1-5,9-12H,6-7H2/t9-,10-/m1/s1. The van der Waals surface area contributed by atoms with Crippen LogP contribution < -0.4 is 4.72 Å². The second-order valence-corrected chi connectivity index (χ2v) is 8.25. The van der Waals surface area contributed by atoms with Gasteiger partial charge < -0.3 is 5.11 Å². The van der Waals surface area contributed by atoms with Gasteiger partial charge in [-0.2, -0.15) is 0 Å². The first-order chi connectivity index (χ1) is 8.30. The van der Waals surface area contributed by atoms with Gasteiger partial charge in [0.1, 0.15) is 5.25 Å². The third-order valence-electron chi connectivity index (χ3n) is 2.70. The molecule has 0 spiro atoms. The lowest BCUT2D eigenvalue weighted by atomic mass is 10.3. The number of sulfone groups is 1. The zero-order valence-corrected chi connectivity index (χ0v) is 11.0. The van der Waals surface area contributed by atoms with Crippen LogP contribution in [0.2, 0.25) is 0 Å². The summed E-state index contributed by atoms with van der Waals surface area (Å²) in [5.41, 5.74) is 0.342. The minimum absolute atomic E-state index is 0.342. The molecular weight excluding hydrogens is 278 g/mol. The molecule has 1 heterocycles. The van der Waals surface area contributed by atoms with Crippen LogP contribution in [0, 0.1) is 0 Å². The molecule has 0 saturated carbocycles. The second-order valence-electron chi connectivity index (χ2n) is 4.20. The van der Waals surface area contributed by atoms with Crippen molar-refractivity contribution in [3.05, 3.63) is 30.3 Å². The predicted molar refractivity (Wildman–Crippen MR) is 67.4 cm³/mol. The van der Waals surface area contributed by atoms with Gasteiger partial charge in [-0.15, -0.1) is 0 Å². The van der Waals surface area contributed by atoms with Crippen LogP contribution in [0.5, 0.6) is 0 Å². The topological polar surface area (TPSA) is 101 Å². The molecule has 0 unspecified atom stereocenters. The lowest BCUT2D eigenvalue weighted by molar-refractivity contribution is 0.204. The highest BCUT2D eigenvalue weighted by atomic mass is 32.2. The zero-order valence-electron chi connectivity index (χ0n) is 9.35. The van der Waals surface area contributed by atoms with E-state index >= 15 is 0 Å². The van der Waals surface area contributed by atoms with E-state index in [0.29, 0.717) is 5.69 Å². The van der Waals surface area contributed by atoms with Crippen LogP contribution in [0.1, 0.15) is 0 Å². The average Bonchev–Trinajstić information content (AvgIpc) is 2.54. The van der Waals surface area contributed by atoms with E-state index in [-0.39, 0.29) is 0 Å². The molecule has 0 aromatic heterocycles. The Labute approximate surface area is 106 Å². The molecule has 1 aliphatic rings. The smallest absolute Gasteiger partial charge is 0.239 e. The second kappa shape index (κ2) is 4.52. The molecule has 0 bridgehead atoms. The molecule has 6 nitrogen and oxygen atoms in total. The van der Waals surface area contributed by atoms with Gasteiger partial charge in [0.2, 0.25) is 10.0 Å². The van der Waals surface area contributed by atoms with Crippen molar-refractivity contribution in [3.63, 3.8) is 0 Å². The van der Waals surface area contributed by atoms with E-state index in [0.717, 1.165) is 0 Å². The van der Waals surface area contributed by atoms with Gasteiger partial charge in [0.25, 0.3) is 0 Å². The summed E-state index contributed by atoms with van der Waals surface area (Å²) in [6, 6.07) is 8.13. The number of rotatable bonds is 3. The van der Waals surface area contributed by atoms with E-state index in [9.17, 15) is 21.9 Å². The van der Waals surface area contributed by atoms with Crippen LogP contribution in [0.25, 0.3) is 0 Å². The maximum absolute atomic E-state index is 12.0. The molecule has 0 aliphatic carbocycles.